The van der Waals surface area contributed by atoms with Gasteiger partial charge in [0.05, 0.1) is 20.8 Å². The predicted octanol–water partition coefficient (Wildman–Crippen LogP) is 3.82. The Kier molecular flexibility index (Phi) is 5.89. The van der Waals surface area contributed by atoms with Crippen LogP contribution in [0.2, 0.25) is 0 Å². The minimum atomic E-state index is -4.21. The molecule has 0 aliphatic rings. The maximum absolute atomic E-state index is 12.4. The van der Waals surface area contributed by atoms with Crippen LogP contribution in [0.15, 0.2) is 12.1 Å². The number of rotatable bonds is 6. The van der Waals surface area contributed by atoms with Crippen molar-refractivity contribution in [3.05, 3.63) is 23.3 Å². The van der Waals surface area contributed by atoms with Crippen molar-refractivity contribution in [3.63, 3.8) is 0 Å². The first-order valence-electron chi connectivity index (χ1n) is 6.68. The molecule has 0 aromatic heterocycles. The molecule has 0 amide bonds. The molecule has 0 bridgehead atoms. The molecule has 21 heavy (non-hydrogen) atoms. The molecule has 3 nitrogen and oxygen atoms in total. The third-order valence-corrected chi connectivity index (χ3v) is 3.13. The van der Waals surface area contributed by atoms with E-state index in [0.29, 0.717) is 17.1 Å². The van der Waals surface area contributed by atoms with Crippen molar-refractivity contribution in [1.29, 1.82) is 0 Å². The summed E-state index contributed by atoms with van der Waals surface area (Å²) in [5.74, 6) is 1.42. The zero-order valence-electron chi connectivity index (χ0n) is 13.0. The second-order valence-corrected chi connectivity index (χ2v) is 5.32. The van der Waals surface area contributed by atoms with E-state index in [9.17, 15) is 13.2 Å². The van der Waals surface area contributed by atoms with Crippen LogP contribution >= 0.6 is 0 Å². The van der Waals surface area contributed by atoms with Gasteiger partial charge in [-0.05, 0) is 19.0 Å². The molecule has 0 atom stereocenters. The fourth-order valence-electron chi connectivity index (χ4n) is 2.37. The summed E-state index contributed by atoms with van der Waals surface area (Å²) in [6.45, 7) is 3.18. The van der Waals surface area contributed by atoms with Crippen molar-refractivity contribution in [3.8, 4) is 11.5 Å². The first-order valence-corrected chi connectivity index (χ1v) is 6.68. The highest BCUT2D eigenvalue weighted by molar-refractivity contribution is 5.51. The van der Waals surface area contributed by atoms with Crippen LogP contribution in [0, 0.1) is 0 Å². The highest BCUT2D eigenvalue weighted by Gasteiger charge is 2.29. The van der Waals surface area contributed by atoms with Crippen LogP contribution in [0.5, 0.6) is 11.5 Å². The highest BCUT2D eigenvalue weighted by atomic mass is 19.4. The van der Waals surface area contributed by atoms with E-state index in [1.165, 1.54) is 19.1 Å². The molecular formula is C15H22F3NO2. The molecule has 6 heteroatoms. The molecule has 0 aliphatic carbocycles. The molecule has 0 saturated carbocycles. The fraction of sp³-hybridized carbons (Fsp3) is 0.600. The van der Waals surface area contributed by atoms with Crippen LogP contribution in [0.4, 0.5) is 13.2 Å². The Morgan fingerprint density at radius 2 is 1.76 bits per heavy atom. The van der Waals surface area contributed by atoms with Crippen LogP contribution < -0.4 is 9.47 Å². The number of methoxy groups -OCH3 is 2. The van der Waals surface area contributed by atoms with Gasteiger partial charge in [0, 0.05) is 17.7 Å². The first-order chi connectivity index (χ1) is 9.69. The summed E-state index contributed by atoms with van der Waals surface area (Å²) in [5, 5.41) is 0. The summed E-state index contributed by atoms with van der Waals surface area (Å²) in [6.07, 6.45) is -4.21. The van der Waals surface area contributed by atoms with Crippen LogP contribution in [-0.2, 0) is 6.54 Å². The lowest BCUT2D eigenvalue weighted by atomic mass is 9.97. The summed E-state index contributed by atoms with van der Waals surface area (Å²) in [6, 6.07) is 3.52. The normalized spacial score (nSPS) is 12.1. The van der Waals surface area contributed by atoms with E-state index in [4.69, 9.17) is 9.47 Å². The quantitative estimate of drug-likeness (QED) is 0.797. The number of benzene rings is 1. The van der Waals surface area contributed by atoms with Gasteiger partial charge >= 0.3 is 6.18 Å². The standard InChI is InChI=1S/C15H22F3NO2/c1-10(2)13-12(20-4)7-6-11(14(13)21-5)8-19(3)9-15(16,17)18/h6-7,10H,8-9H2,1-5H3. The Balaban J connectivity index is 3.11. The van der Waals surface area contributed by atoms with Gasteiger partial charge in [0.15, 0.2) is 0 Å². The Bertz CT molecular complexity index is 473. The molecule has 0 unspecified atom stereocenters. The van der Waals surface area contributed by atoms with E-state index < -0.39 is 12.7 Å². The lowest BCUT2D eigenvalue weighted by molar-refractivity contribution is -0.144. The van der Waals surface area contributed by atoms with Gasteiger partial charge in [-0.3, -0.25) is 4.90 Å². The molecule has 1 aromatic rings. The van der Waals surface area contributed by atoms with Crippen molar-refractivity contribution >= 4 is 0 Å². The molecule has 1 rings (SSSR count). The molecule has 0 spiro atoms. The maximum atomic E-state index is 12.4. The Morgan fingerprint density at radius 3 is 2.19 bits per heavy atom. The van der Waals surface area contributed by atoms with Crippen molar-refractivity contribution in [2.24, 2.45) is 0 Å². The molecule has 0 N–H and O–H groups in total. The number of ether oxygens (including phenoxy) is 2. The number of alkyl halides is 3. The number of hydrogen-bond donors (Lipinski definition) is 0. The largest absolute Gasteiger partial charge is 0.496 e. The first kappa shape index (κ1) is 17.6. The lowest BCUT2D eigenvalue weighted by Gasteiger charge is -2.23. The van der Waals surface area contributed by atoms with Crippen LogP contribution in [0.3, 0.4) is 0 Å². The van der Waals surface area contributed by atoms with Crippen LogP contribution in [-0.4, -0.2) is 38.9 Å². The van der Waals surface area contributed by atoms with Crippen LogP contribution in [0.25, 0.3) is 0 Å². The van der Waals surface area contributed by atoms with Gasteiger partial charge in [-0.1, -0.05) is 19.9 Å². The second kappa shape index (κ2) is 7.02. The molecular weight excluding hydrogens is 283 g/mol. The van der Waals surface area contributed by atoms with Gasteiger partial charge in [0.2, 0.25) is 0 Å². The van der Waals surface area contributed by atoms with Gasteiger partial charge in [-0.25, -0.2) is 0 Å². The van der Waals surface area contributed by atoms with Gasteiger partial charge in [0.25, 0.3) is 0 Å². The third-order valence-electron chi connectivity index (χ3n) is 3.13. The zero-order chi connectivity index (χ0) is 16.2. The van der Waals surface area contributed by atoms with E-state index >= 15 is 0 Å². The average molecular weight is 305 g/mol. The van der Waals surface area contributed by atoms with E-state index in [1.807, 2.05) is 13.8 Å². The van der Waals surface area contributed by atoms with Crippen LogP contribution in [0.1, 0.15) is 30.9 Å². The summed E-state index contributed by atoms with van der Waals surface area (Å²) >= 11 is 0. The monoisotopic (exact) mass is 305 g/mol. The topological polar surface area (TPSA) is 21.7 Å². The van der Waals surface area contributed by atoms with Crippen molar-refractivity contribution < 1.29 is 22.6 Å². The molecule has 0 fully saturated rings. The van der Waals surface area contributed by atoms with Gasteiger partial charge in [-0.15, -0.1) is 0 Å². The summed E-state index contributed by atoms with van der Waals surface area (Å²) in [4.78, 5) is 1.22. The molecule has 0 radical (unpaired) electrons. The van der Waals surface area contributed by atoms with Crippen molar-refractivity contribution in [2.45, 2.75) is 32.5 Å². The molecule has 120 valence electrons. The highest BCUT2D eigenvalue weighted by Crippen LogP contribution is 2.38. The molecule has 1 aromatic carbocycles. The fourth-order valence-corrected chi connectivity index (χ4v) is 2.37. The maximum Gasteiger partial charge on any atom is 0.401 e. The smallest absolute Gasteiger partial charge is 0.401 e. The number of hydrogen-bond acceptors (Lipinski definition) is 3. The minimum absolute atomic E-state index is 0.141. The number of nitrogens with zero attached hydrogens (tertiary/aromatic N) is 1. The van der Waals surface area contributed by atoms with E-state index in [1.54, 1.807) is 19.2 Å². The summed E-state index contributed by atoms with van der Waals surface area (Å²) < 4.78 is 48.0. The minimum Gasteiger partial charge on any atom is -0.496 e. The lowest BCUT2D eigenvalue weighted by Crippen LogP contribution is -2.30. The van der Waals surface area contributed by atoms with Gasteiger partial charge < -0.3 is 9.47 Å². The van der Waals surface area contributed by atoms with Crippen molar-refractivity contribution in [2.75, 3.05) is 27.8 Å². The van der Waals surface area contributed by atoms with Gasteiger partial charge in [-0.2, -0.15) is 13.2 Å². The van der Waals surface area contributed by atoms with E-state index in [2.05, 4.69) is 0 Å². The zero-order valence-corrected chi connectivity index (χ0v) is 13.0. The Hall–Kier alpha value is -1.43. The Morgan fingerprint density at radius 1 is 1.14 bits per heavy atom. The summed E-state index contributed by atoms with van der Waals surface area (Å²) in [5.41, 5.74) is 1.59. The van der Waals surface area contributed by atoms with Crippen molar-refractivity contribution in [1.82, 2.24) is 4.90 Å². The molecule has 0 saturated heterocycles. The average Bonchev–Trinajstić information content (AvgIpc) is 2.35. The SMILES string of the molecule is COc1ccc(CN(C)CC(F)(F)F)c(OC)c1C(C)C. The Labute approximate surface area is 123 Å². The third kappa shape index (κ3) is 4.81. The van der Waals surface area contributed by atoms with Gasteiger partial charge in [0.1, 0.15) is 11.5 Å². The molecule has 0 heterocycles. The molecule has 0 aliphatic heterocycles. The predicted molar refractivity (Wildman–Crippen MR) is 76.0 cm³/mol. The second-order valence-electron chi connectivity index (χ2n) is 5.32. The summed E-state index contributed by atoms with van der Waals surface area (Å²) in [7, 11) is 4.52. The van der Waals surface area contributed by atoms with E-state index in [-0.39, 0.29) is 12.5 Å². The van der Waals surface area contributed by atoms with E-state index in [0.717, 1.165) is 5.56 Å². The number of halogens is 3.